The Morgan fingerprint density at radius 2 is 1.87 bits per heavy atom. The van der Waals surface area contributed by atoms with Gasteiger partial charge in [-0.1, -0.05) is 37.3 Å². The molecule has 3 nitrogen and oxygen atoms in total. The van der Waals surface area contributed by atoms with Crippen LogP contribution in [0.2, 0.25) is 0 Å². The number of aryl methyl sites for hydroxylation is 2. The molecular weight excluding hydrogens is 401 g/mol. The van der Waals surface area contributed by atoms with E-state index in [0.29, 0.717) is 22.8 Å². The molecule has 1 heterocycles. The molecule has 0 saturated carbocycles. The van der Waals surface area contributed by atoms with E-state index in [1.165, 1.54) is 0 Å². The average Bonchev–Trinajstić information content (AvgIpc) is 2.73. The van der Waals surface area contributed by atoms with E-state index < -0.39 is 24.1 Å². The third-order valence-corrected chi connectivity index (χ3v) is 6.30. The second-order valence-electron chi connectivity index (χ2n) is 8.50. The maximum Gasteiger partial charge on any atom is 0.422 e. The van der Waals surface area contributed by atoms with Crippen LogP contribution < -0.4 is 0 Å². The number of rotatable bonds is 4. The maximum absolute atomic E-state index is 14.1. The molecule has 0 bridgehead atoms. The number of hydrogen-bond donors (Lipinski definition) is 1. The van der Waals surface area contributed by atoms with E-state index in [-0.39, 0.29) is 5.92 Å². The van der Waals surface area contributed by atoms with Gasteiger partial charge < -0.3 is 5.11 Å². The van der Waals surface area contributed by atoms with Crippen LogP contribution in [0.25, 0.3) is 10.9 Å². The van der Waals surface area contributed by atoms with Crippen LogP contribution in [-0.2, 0) is 6.42 Å². The SMILES string of the molecule is Cc1ccc2c(/N=C/C(O)(CC3c4ccccc4CCC3C)C(F)(F)F)cccc2n1. The van der Waals surface area contributed by atoms with Gasteiger partial charge in [0.05, 0.1) is 11.2 Å². The predicted molar refractivity (Wildman–Crippen MR) is 117 cm³/mol. The molecule has 0 fully saturated rings. The largest absolute Gasteiger partial charge is 0.422 e. The van der Waals surface area contributed by atoms with Crippen LogP contribution in [0, 0.1) is 12.8 Å². The number of benzene rings is 2. The fraction of sp³-hybridized carbons (Fsp3) is 0.360. The molecule has 4 rings (SSSR count). The van der Waals surface area contributed by atoms with Crippen molar-refractivity contribution in [2.24, 2.45) is 10.9 Å². The molecule has 0 saturated heterocycles. The summed E-state index contributed by atoms with van der Waals surface area (Å²) in [5.41, 5.74) is 0.733. The zero-order valence-corrected chi connectivity index (χ0v) is 17.5. The normalized spacial score (nSPS) is 21.2. The Morgan fingerprint density at radius 3 is 2.65 bits per heavy atom. The van der Waals surface area contributed by atoms with Gasteiger partial charge >= 0.3 is 6.18 Å². The average molecular weight is 426 g/mol. The van der Waals surface area contributed by atoms with Gasteiger partial charge in [-0.05, 0) is 73.4 Å². The number of aromatic nitrogens is 1. The summed E-state index contributed by atoms with van der Waals surface area (Å²) in [6.45, 7) is 3.80. The molecule has 0 radical (unpaired) electrons. The van der Waals surface area contributed by atoms with Crippen LogP contribution in [0.4, 0.5) is 18.9 Å². The van der Waals surface area contributed by atoms with Crippen LogP contribution in [0.5, 0.6) is 0 Å². The van der Waals surface area contributed by atoms with Gasteiger partial charge in [-0.25, -0.2) is 0 Å². The number of halogens is 3. The number of alkyl halides is 3. The molecule has 3 atom stereocenters. The number of pyridine rings is 1. The summed E-state index contributed by atoms with van der Waals surface area (Å²) in [7, 11) is 0. The molecule has 2 aromatic carbocycles. The molecule has 3 unspecified atom stereocenters. The van der Waals surface area contributed by atoms with Crippen molar-refractivity contribution in [3.8, 4) is 0 Å². The summed E-state index contributed by atoms with van der Waals surface area (Å²) in [5, 5.41) is 11.5. The molecule has 1 N–H and O–H groups in total. The van der Waals surface area contributed by atoms with Crippen molar-refractivity contribution in [1.29, 1.82) is 0 Å². The number of aliphatic imine (C=N–C) groups is 1. The summed E-state index contributed by atoms with van der Waals surface area (Å²) >= 11 is 0. The minimum absolute atomic E-state index is 0.0295. The molecule has 0 amide bonds. The minimum atomic E-state index is -4.85. The standard InChI is InChI=1S/C25H25F3N2O/c1-16-10-12-18-6-3-4-7-19(18)21(16)14-24(31,25(26,27)28)15-29-22-8-5-9-23-20(22)13-11-17(2)30-23/h3-9,11,13,15-16,21,31H,10,12,14H2,1-2H3/b29-15+. The Bertz CT molecular complexity index is 1130. The van der Waals surface area contributed by atoms with Gasteiger partial charge in [0.15, 0.2) is 5.60 Å². The number of fused-ring (bicyclic) bond motifs is 2. The van der Waals surface area contributed by atoms with Crippen molar-refractivity contribution in [3.63, 3.8) is 0 Å². The lowest BCUT2D eigenvalue weighted by molar-refractivity contribution is -0.233. The molecule has 1 aliphatic rings. The fourth-order valence-electron chi connectivity index (χ4n) is 4.43. The first-order chi connectivity index (χ1) is 14.7. The highest BCUT2D eigenvalue weighted by atomic mass is 19.4. The molecule has 0 spiro atoms. The minimum Gasteiger partial charge on any atom is -0.376 e. The molecule has 31 heavy (non-hydrogen) atoms. The van der Waals surface area contributed by atoms with Crippen LogP contribution >= 0.6 is 0 Å². The number of aliphatic hydroxyl groups is 1. The molecular formula is C25H25F3N2O. The molecule has 6 heteroatoms. The first-order valence-electron chi connectivity index (χ1n) is 10.5. The summed E-state index contributed by atoms with van der Waals surface area (Å²) in [4.78, 5) is 8.51. The second-order valence-corrected chi connectivity index (χ2v) is 8.50. The molecule has 162 valence electrons. The van der Waals surface area contributed by atoms with E-state index in [9.17, 15) is 18.3 Å². The number of nitrogens with zero attached hydrogens (tertiary/aromatic N) is 2. The van der Waals surface area contributed by atoms with Crippen molar-refractivity contribution in [2.75, 3.05) is 0 Å². The van der Waals surface area contributed by atoms with E-state index in [0.717, 1.165) is 29.7 Å². The van der Waals surface area contributed by atoms with Gasteiger partial charge in [0.2, 0.25) is 0 Å². The Balaban J connectivity index is 1.72. The molecule has 0 aliphatic heterocycles. The maximum atomic E-state index is 14.1. The quantitative estimate of drug-likeness (QED) is 0.498. The van der Waals surface area contributed by atoms with E-state index in [2.05, 4.69) is 9.98 Å². The smallest absolute Gasteiger partial charge is 0.376 e. The van der Waals surface area contributed by atoms with Crippen LogP contribution in [0.1, 0.15) is 42.5 Å². The van der Waals surface area contributed by atoms with Gasteiger partial charge in [0.1, 0.15) is 0 Å². The first kappa shape index (κ1) is 21.5. The van der Waals surface area contributed by atoms with Crippen LogP contribution in [0.3, 0.4) is 0 Å². The zero-order chi connectivity index (χ0) is 22.2. The van der Waals surface area contributed by atoms with E-state index >= 15 is 0 Å². The first-order valence-corrected chi connectivity index (χ1v) is 10.5. The molecule has 3 aromatic rings. The lowest BCUT2D eigenvalue weighted by atomic mass is 9.71. The van der Waals surface area contributed by atoms with Crippen molar-refractivity contribution >= 4 is 22.8 Å². The topological polar surface area (TPSA) is 45.5 Å². The monoisotopic (exact) mass is 426 g/mol. The molecule has 1 aromatic heterocycles. The summed E-state index contributed by atoms with van der Waals surface area (Å²) in [6.07, 6.45) is -3.00. The molecule has 1 aliphatic carbocycles. The Labute approximate surface area is 179 Å². The van der Waals surface area contributed by atoms with Gasteiger partial charge in [0, 0.05) is 17.3 Å². The van der Waals surface area contributed by atoms with Crippen molar-refractivity contribution in [2.45, 2.75) is 50.8 Å². The van der Waals surface area contributed by atoms with Crippen molar-refractivity contribution in [3.05, 3.63) is 71.4 Å². The van der Waals surface area contributed by atoms with E-state index in [1.807, 2.05) is 38.1 Å². The van der Waals surface area contributed by atoms with Crippen LogP contribution in [0.15, 0.2) is 59.6 Å². The lowest BCUT2D eigenvalue weighted by Gasteiger charge is -2.37. The fourth-order valence-corrected chi connectivity index (χ4v) is 4.43. The summed E-state index contributed by atoms with van der Waals surface area (Å²) < 4.78 is 42.2. The van der Waals surface area contributed by atoms with Crippen LogP contribution in [-0.4, -0.2) is 28.1 Å². The Morgan fingerprint density at radius 1 is 1.10 bits per heavy atom. The predicted octanol–water partition coefficient (Wildman–Crippen LogP) is 6.30. The van der Waals surface area contributed by atoms with Gasteiger partial charge in [0.25, 0.3) is 0 Å². The van der Waals surface area contributed by atoms with Gasteiger partial charge in [-0.2, -0.15) is 13.2 Å². The van der Waals surface area contributed by atoms with E-state index in [1.54, 1.807) is 30.3 Å². The Kier molecular flexibility index (Phi) is 5.60. The zero-order valence-electron chi connectivity index (χ0n) is 17.5. The highest BCUT2D eigenvalue weighted by Crippen LogP contribution is 2.45. The highest BCUT2D eigenvalue weighted by molar-refractivity contribution is 5.92. The van der Waals surface area contributed by atoms with Crippen molar-refractivity contribution in [1.82, 2.24) is 4.98 Å². The van der Waals surface area contributed by atoms with Gasteiger partial charge in [-0.3, -0.25) is 9.98 Å². The Hall–Kier alpha value is -2.73. The third-order valence-electron chi connectivity index (χ3n) is 6.30. The van der Waals surface area contributed by atoms with Gasteiger partial charge in [-0.15, -0.1) is 0 Å². The van der Waals surface area contributed by atoms with E-state index in [4.69, 9.17) is 0 Å². The second kappa shape index (κ2) is 8.08. The summed E-state index contributed by atoms with van der Waals surface area (Å²) in [6, 6.07) is 16.3. The summed E-state index contributed by atoms with van der Waals surface area (Å²) in [5.74, 6) is -0.373. The highest BCUT2D eigenvalue weighted by Gasteiger charge is 2.54. The number of hydrogen-bond acceptors (Lipinski definition) is 3. The lowest BCUT2D eigenvalue weighted by Crippen LogP contribution is -2.48. The van der Waals surface area contributed by atoms with Crippen molar-refractivity contribution < 1.29 is 18.3 Å². The third kappa shape index (κ3) is 4.22.